The highest BCUT2D eigenvalue weighted by molar-refractivity contribution is 6.22. The molecule has 0 heteroatoms. The van der Waals surface area contributed by atoms with Crippen LogP contribution < -0.4 is 0 Å². The van der Waals surface area contributed by atoms with E-state index in [4.69, 9.17) is 0 Å². The fourth-order valence-electron chi connectivity index (χ4n) is 8.94. The zero-order chi connectivity index (χ0) is 34.2. The van der Waals surface area contributed by atoms with Crippen LogP contribution >= 0.6 is 0 Å². The summed E-state index contributed by atoms with van der Waals surface area (Å²) in [5.74, 6) is 0. The average molecular weight is 657 g/mol. The van der Waals surface area contributed by atoms with Crippen LogP contribution in [0.4, 0.5) is 0 Å². The van der Waals surface area contributed by atoms with Crippen molar-refractivity contribution in [2.75, 3.05) is 0 Å². The lowest BCUT2D eigenvalue weighted by Crippen LogP contribution is -1.92. The van der Waals surface area contributed by atoms with Crippen LogP contribution in [-0.4, -0.2) is 0 Å². The summed E-state index contributed by atoms with van der Waals surface area (Å²) in [6.45, 7) is 0. The summed E-state index contributed by atoms with van der Waals surface area (Å²) < 4.78 is 0. The van der Waals surface area contributed by atoms with Gasteiger partial charge in [0.1, 0.15) is 0 Å². The molecule has 240 valence electrons. The zero-order valence-electron chi connectivity index (χ0n) is 28.5. The quantitative estimate of drug-likeness (QED) is 0.166. The first-order valence-corrected chi connectivity index (χ1v) is 18.1. The molecule has 0 radical (unpaired) electrons. The molecule has 0 amide bonds. The molecule has 1 aliphatic carbocycles. The number of benzene rings is 10. The molecule has 10 aromatic carbocycles. The van der Waals surface area contributed by atoms with Crippen LogP contribution in [-0.2, 0) is 0 Å². The molecule has 0 unspecified atom stereocenters. The minimum absolute atomic E-state index is 1.23. The molecule has 11 rings (SSSR count). The fourth-order valence-corrected chi connectivity index (χ4v) is 8.94. The molecule has 1 aliphatic rings. The highest BCUT2D eigenvalue weighted by atomic mass is 14.3. The molecular weight excluding hydrogens is 625 g/mol. The molecule has 0 fully saturated rings. The van der Waals surface area contributed by atoms with Crippen molar-refractivity contribution in [2.24, 2.45) is 0 Å². The average Bonchev–Trinajstić information content (AvgIpc) is 3.33. The van der Waals surface area contributed by atoms with Crippen LogP contribution in [0.1, 0.15) is 0 Å². The molecule has 0 saturated heterocycles. The van der Waals surface area contributed by atoms with E-state index in [1.807, 2.05) is 0 Å². The Morgan fingerprint density at radius 3 is 1.25 bits per heavy atom. The van der Waals surface area contributed by atoms with Gasteiger partial charge in [-0.2, -0.15) is 0 Å². The van der Waals surface area contributed by atoms with Gasteiger partial charge in [0.05, 0.1) is 0 Å². The topological polar surface area (TPSA) is 0 Å². The number of fused-ring (bicyclic) bond motifs is 8. The van der Waals surface area contributed by atoms with E-state index in [9.17, 15) is 0 Å². The van der Waals surface area contributed by atoms with E-state index in [1.165, 1.54) is 110 Å². The Bertz CT molecular complexity index is 2980. The van der Waals surface area contributed by atoms with Gasteiger partial charge in [-0.05, 0) is 116 Å². The van der Waals surface area contributed by atoms with E-state index in [-0.39, 0.29) is 0 Å². The Labute approximate surface area is 302 Å². The van der Waals surface area contributed by atoms with Gasteiger partial charge in [0.2, 0.25) is 0 Å². The monoisotopic (exact) mass is 656 g/mol. The molecule has 0 atom stereocenters. The first-order valence-electron chi connectivity index (χ1n) is 18.1. The van der Waals surface area contributed by atoms with Gasteiger partial charge in [0.15, 0.2) is 0 Å². The summed E-state index contributed by atoms with van der Waals surface area (Å²) in [4.78, 5) is 0. The molecule has 0 spiro atoms. The standard InChI is InChI=1S/C52H32/c1-2-16-38-33(12-1)13-9-23-39(38)34-26-28-36(29-27-34)51-45-19-5-7-21-47(45)52(48-22-8-6-20-46(48)51)37-30-31-42-44-25-11-15-35-14-10-24-43(50(35)44)40-17-3-4-18-41(40)49(42)32-37/h1-32H. The molecule has 0 aliphatic heterocycles. The lowest BCUT2D eigenvalue weighted by Gasteiger charge is -2.19. The highest BCUT2D eigenvalue weighted by Gasteiger charge is 2.23. The number of hydrogen-bond acceptors (Lipinski definition) is 0. The smallest absolute Gasteiger partial charge is 0.00261 e. The lowest BCUT2D eigenvalue weighted by molar-refractivity contribution is 1.60. The van der Waals surface area contributed by atoms with Crippen molar-refractivity contribution in [3.63, 3.8) is 0 Å². The van der Waals surface area contributed by atoms with Crippen molar-refractivity contribution in [1.82, 2.24) is 0 Å². The Morgan fingerprint density at radius 1 is 0.212 bits per heavy atom. The van der Waals surface area contributed by atoms with E-state index in [2.05, 4.69) is 194 Å². The van der Waals surface area contributed by atoms with Crippen LogP contribution in [0, 0.1) is 0 Å². The summed E-state index contributed by atoms with van der Waals surface area (Å²) in [5, 5.41) is 10.2. The van der Waals surface area contributed by atoms with Crippen molar-refractivity contribution in [2.45, 2.75) is 0 Å². The Kier molecular flexibility index (Phi) is 6.35. The van der Waals surface area contributed by atoms with Gasteiger partial charge in [-0.15, -0.1) is 0 Å². The Hall–Kier alpha value is -6.76. The molecule has 0 N–H and O–H groups in total. The van der Waals surface area contributed by atoms with Crippen molar-refractivity contribution in [3.05, 3.63) is 194 Å². The van der Waals surface area contributed by atoms with Gasteiger partial charge in [0.25, 0.3) is 0 Å². The largest absolute Gasteiger partial charge is 0.0616 e. The van der Waals surface area contributed by atoms with E-state index in [0.29, 0.717) is 0 Å². The maximum atomic E-state index is 2.45. The molecule has 0 saturated carbocycles. The predicted molar refractivity (Wildman–Crippen MR) is 223 cm³/mol. The third-order valence-electron chi connectivity index (χ3n) is 11.2. The molecule has 0 bridgehead atoms. The number of rotatable bonds is 3. The second kappa shape index (κ2) is 11.4. The van der Waals surface area contributed by atoms with E-state index < -0.39 is 0 Å². The summed E-state index contributed by atoms with van der Waals surface area (Å²) in [7, 11) is 0. The van der Waals surface area contributed by atoms with E-state index in [1.54, 1.807) is 0 Å². The van der Waals surface area contributed by atoms with Crippen molar-refractivity contribution in [3.8, 4) is 66.8 Å². The minimum Gasteiger partial charge on any atom is -0.0616 e. The van der Waals surface area contributed by atoms with Crippen molar-refractivity contribution in [1.29, 1.82) is 0 Å². The molecule has 52 heavy (non-hydrogen) atoms. The van der Waals surface area contributed by atoms with E-state index in [0.717, 1.165) is 0 Å². The van der Waals surface area contributed by atoms with Crippen LogP contribution in [0.2, 0.25) is 0 Å². The molecule has 0 aromatic heterocycles. The minimum atomic E-state index is 1.23. The van der Waals surface area contributed by atoms with Crippen LogP contribution in [0.3, 0.4) is 0 Å². The van der Waals surface area contributed by atoms with Gasteiger partial charge < -0.3 is 0 Å². The molecular formula is C52H32. The van der Waals surface area contributed by atoms with E-state index >= 15 is 0 Å². The fraction of sp³-hybridized carbons (Fsp3) is 0. The van der Waals surface area contributed by atoms with Crippen molar-refractivity contribution < 1.29 is 0 Å². The molecule has 0 nitrogen and oxygen atoms in total. The van der Waals surface area contributed by atoms with Gasteiger partial charge in [-0.1, -0.05) is 188 Å². The normalized spacial score (nSPS) is 11.8. The maximum Gasteiger partial charge on any atom is -0.00261 e. The zero-order valence-corrected chi connectivity index (χ0v) is 28.5. The van der Waals surface area contributed by atoms with Gasteiger partial charge >= 0.3 is 0 Å². The van der Waals surface area contributed by atoms with Crippen LogP contribution in [0.15, 0.2) is 194 Å². The highest BCUT2D eigenvalue weighted by Crippen LogP contribution is 2.50. The molecule has 10 aromatic rings. The first-order chi connectivity index (χ1) is 25.8. The van der Waals surface area contributed by atoms with Gasteiger partial charge in [-0.3, -0.25) is 0 Å². The second-order valence-corrected chi connectivity index (χ2v) is 14.0. The summed E-state index contributed by atoms with van der Waals surface area (Å²) in [6.07, 6.45) is 0. The van der Waals surface area contributed by atoms with Crippen molar-refractivity contribution >= 4 is 43.1 Å². The summed E-state index contributed by atoms with van der Waals surface area (Å²) in [5.41, 5.74) is 15.2. The Balaban J connectivity index is 1.14. The summed E-state index contributed by atoms with van der Waals surface area (Å²) >= 11 is 0. The third kappa shape index (κ3) is 4.28. The first kappa shape index (κ1) is 29.0. The molecule has 0 heterocycles. The summed E-state index contributed by atoms with van der Waals surface area (Å²) in [6, 6.07) is 71.9. The van der Waals surface area contributed by atoms with Gasteiger partial charge in [-0.25, -0.2) is 0 Å². The number of hydrogen-bond donors (Lipinski definition) is 0. The third-order valence-corrected chi connectivity index (χ3v) is 11.2. The maximum absolute atomic E-state index is 2.45. The predicted octanol–water partition coefficient (Wildman–Crippen LogP) is 14.6. The van der Waals surface area contributed by atoms with Crippen LogP contribution in [0.25, 0.3) is 110 Å². The SMILES string of the molecule is c1ccc2c(c1)-c1cc(-c3c4ccccc4c(-c4ccc(-c5cccc6ccccc56)cc4)c4ccccc34)ccc1-c1cccc3cccc-2c13. The van der Waals surface area contributed by atoms with Crippen LogP contribution in [0.5, 0.6) is 0 Å². The Morgan fingerprint density at radius 2 is 0.615 bits per heavy atom. The lowest BCUT2D eigenvalue weighted by atomic mass is 9.84. The van der Waals surface area contributed by atoms with Gasteiger partial charge in [0, 0.05) is 0 Å². The second-order valence-electron chi connectivity index (χ2n) is 14.0.